The Kier molecular flexibility index (Phi) is 4.42. The molecule has 0 atom stereocenters. The summed E-state index contributed by atoms with van der Waals surface area (Å²) in [4.78, 5) is 17.4. The molecule has 82 valence electrons. The fourth-order valence-electron chi connectivity index (χ4n) is 1.08. The van der Waals surface area contributed by atoms with Crippen LogP contribution in [0.25, 0.3) is 0 Å². The molecule has 0 saturated heterocycles. The number of anilines is 1. The highest BCUT2D eigenvalue weighted by molar-refractivity contribution is 7.98. The maximum atomic E-state index is 11.8. The number of nitrogen functional groups attached to an aromatic ring is 1. The molecule has 0 fully saturated rings. The largest absolute Gasteiger partial charge is 0.384 e. The minimum atomic E-state index is -0.0171. The van der Waals surface area contributed by atoms with Gasteiger partial charge in [0, 0.05) is 25.5 Å². The molecule has 1 amide bonds. The van der Waals surface area contributed by atoms with Crippen LogP contribution in [0.3, 0.4) is 0 Å². The Morgan fingerprint density at radius 1 is 1.60 bits per heavy atom. The maximum Gasteiger partial charge on any atom is 0.255 e. The maximum absolute atomic E-state index is 11.8. The summed E-state index contributed by atoms with van der Waals surface area (Å²) in [5, 5.41) is 0. The summed E-state index contributed by atoms with van der Waals surface area (Å²) in [7, 11) is 1.79. The van der Waals surface area contributed by atoms with Crippen LogP contribution in [0.1, 0.15) is 10.4 Å². The first-order valence-electron chi connectivity index (χ1n) is 4.61. The van der Waals surface area contributed by atoms with Crippen LogP contribution in [0.2, 0.25) is 0 Å². The Morgan fingerprint density at radius 2 is 2.33 bits per heavy atom. The van der Waals surface area contributed by atoms with E-state index in [1.54, 1.807) is 35.8 Å². The van der Waals surface area contributed by atoms with Gasteiger partial charge in [-0.15, -0.1) is 0 Å². The van der Waals surface area contributed by atoms with Crippen LogP contribution in [-0.4, -0.2) is 41.4 Å². The Balaban J connectivity index is 2.63. The van der Waals surface area contributed by atoms with Gasteiger partial charge < -0.3 is 10.6 Å². The van der Waals surface area contributed by atoms with Gasteiger partial charge in [0.1, 0.15) is 5.82 Å². The smallest absolute Gasteiger partial charge is 0.255 e. The monoisotopic (exact) mass is 225 g/mol. The molecule has 0 aliphatic carbocycles. The molecule has 0 aliphatic rings. The molecule has 0 bridgehead atoms. The average molecular weight is 225 g/mol. The van der Waals surface area contributed by atoms with Crippen molar-refractivity contribution in [2.75, 3.05) is 31.3 Å². The van der Waals surface area contributed by atoms with E-state index in [0.717, 1.165) is 12.3 Å². The summed E-state index contributed by atoms with van der Waals surface area (Å²) in [5.74, 6) is 1.35. The molecule has 0 saturated carbocycles. The van der Waals surface area contributed by atoms with Crippen molar-refractivity contribution >= 4 is 23.5 Å². The number of pyridine rings is 1. The van der Waals surface area contributed by atoms with Crippen LogP contribution in [0.4, 0.5) is 5.82 Å². The number of hydrogen-bond acceptors (Lipinski definition) is 4. The van der Waals surface area contributed by atoms with Gasteiger partial charge in [-0.3, -0.25) is 4.79 Å². The molecule has 2 N–H and O–H groups in total. The number of rotatable bonds is 4. The van der Waals surface area contributed by atoms with Crippen molar-refractivity contribution in [2.24, 2.45) is 0 Å². The normalized spacial score (nSPS) is 10.0. The van der Waals surface area contributed by atoms with Gasteiger partial charge in [0.25, 0.3) is 5.91 Å². The van der Waals surface area contributed by atoms with Crippen LogP contribution in [0, 0.1) is 0 Å². The molecule has 1 rings (SSSR count). The second-order valence-electron chi connectivity index (χ2n) is 3.19. The Hall–Kier alpha value is -1.23. The summed E-state index contributed by atoms with van der Waals surface area (Å²) in [5.41, 5.74) is 6.02. The number of thioether (sulfide) groups is 1. The van der Waals surface area contributed by atoms with E-state index < -0.39 is 0 Å². The summed E-state index contributed by atoms with van der Waals surface area (Å²) in [6.07, 6.45) is 3.52. The van der Waals surface area contributed by atoms with E-state index in [0.29, 0.717) is 11.4 Å². The molecule has 0 spiro atoms. The minimum Gasteiger partial charge on any atom is -0.384 e. The number of nitrogens with two attached hydrogens (primary N) is 1. The van der Waals surface area contributed by atoms with Crippen LogP contribution < -0.4 is 5.73 Å². The van der Waals surface area contributed by atoms with Gasteiger partial charge in [-0.2, -0.15) is 11.8 Å². The molecule has 5 heteroatoms. The lowest BCUT2D eigenvalue weighted by atomic mass is 10.2. The molecule has 1 aromatic rings. The van der Waals surface area contributed by atoms with E-state index in [9.17, 15) is 4.79 Å². The third-order valence-electron chi connectivity index (χ3n) is 2.01. The topological polar surface area (TPSA) is 59.2 Å². The van der Waals surface area contributed by atoms with E-state index in [-0.39, 0.29) is 5.91 Å². The van der Waals surface area contributed by atoms with E-state index >= 15 is 0 Å². The van der Waals surface area contributed by atoms with Crippen LogP contribution >= 0.6 is 11.8 Å². The third kappa shape index (κ3) is 3.43. The van der Waals surface area contributed by atoms with Crippen molar-refractivity contribution in [3.63, 3.8) is 0 Å². The predicted octanol–water partition coefficient (Wildman–Crippen LogP) is 1.10. The lowest BCUT2D eigenvalue weighted by Crippen LogP contribution is -2.28. The summed E-state index contributed by atoms with van der Waals surface area (Å²) in [6.45, 7) is 0.740. The highest BCUT2D eigenvalue weighted by Gasteiger charge is 2.10. The van der Waals surface area contributed by atoms with Gasteiger partial charge in [-0.25, -0.2) is 4.98 Å². The van der Waals surface area contributed by atoms with Crippen molar-refractivity contribution in [1.82, 2.24) is 9.88 Å². The Labute approximate surface area is 93.9 Å². The van der Waals surface area contributed by atoms with Crippen LogP contribution in [0.15, 0.2) is 18.3 Å². The van der Waals surface area contributed by atoms with Crippen molar-refractivity contribution in [3.8, 4) is 0 Å². The lowest BCUT2D eigenvalue weighted by molar-refractivity contribution is 0.0803. The van der Waals surface area contributed by atoms with Crippen LogP contribution in [-0.2, 0) is 0 Å². The van der Waals surface area contributed by atoms with Crippen molar-refractivity contribution in [1.29, 1.82) is 0 Å². The predicted molar refractivity (Wildman–Crippen MR) is 64.0 cm³/mol. The molecule has 0 aromatic carbocycles. The molecular formula is C10H15N3OS. The molecular weight excluding hydrogens is 210 g/mol. The molecule has 0 aliphatic heterocycles. The van der Waals surface area contributed by atoms with E-state index in [1.165, 1.54) is 6.20 Å². The second-order valence-corrected chi connectivity index (χ2v) is 4.18. The third-order valence-corrected chi connectivity index (χ3v) is 2.60. The zero-order valence-electron chi connectivity index (χ0n) is 8.93. The number of carbonyl (C=O) groups excluding carboxylic acids is 1. The summed E-state index contributed by atoms with van der Waals surface area (Å²) < 4.78 is 0. The van der Waals surface area contributed by atoms with E-state index in [4.69, 9.17) is 5.73 Å². The molecule has 4 nitrogen and oxygen atoms in total. The molecule has 15 heavy (non-hydrogen) atoms. The quantitative estimate of drug-likeness (QED) is 0.833. The highest BCUT2D eigenvalue weighted by atomic mass is 32.2. The van der Waals surface area contributed by atoms with Gasteiger partial charge in [-0.1, -0.05) is 0 Å². The van der Waals surface area contributed by atoms with Crippen molar-refractivity contribution < 1.29 is 4.79 Å². The van der Waals surface area contributed by atoms with E-state index in [1.807, 2.05) is 6.26 Å². The SMILES string of the molecule is CSCCN(C)C(=O)c1ccc(N)nc1. The number of carbonyl (C=O) groups is 1. The van der Waals surface area contributed by atoms with Gasteiger partial charge in [-0.05, 0) is 18.4 Å². The van der Waals surface area contributed by atoms with Crippen molar-refractivity contribution in [2.45, 2.75) is 0 Å². The Bertz CT molecular complexity index is 326. The Morgan fingerprint density at radius 3 is 2.87 bits per heavy atom. The average Bonchev–Trinajstić information content (AvgIpc) is 2.26. The number of amides is 1. The second kappa shape index (κ2) is 5.60. The number of nitrogens with zero attached hydrogens (tertiary/aromatic N) is 2. The fourth-order valence-corrected chi connectivity index (χ4v) is 1.54. The number of hydrogen-bond donors (Lipinski definition) is 1. The zero-order valence-corrected chi connectivity index (χ0v) is 9.75. The number of aromatic nitrogens is 1. The fraction of sp³-hybridized carbons (Fsp3) is 0.400. The van der Waals surface area contributed by atoms with Crippen molar-refractivity contribution in [3.05, 3.63) is 23.9 Å². The van der Waals surface area contributed by atoms with Gasteiger partial charge in [0.15, 0.2) is 0 Å². The first kappa shape index (κ1) is 11.8. The van der Waals surface area contributed by atoms with E-state index in [2.05, 4.69) is 4.98 Å². The first-order chi connectivity index (χ1) is 7.15. The summed E-state index contributed by atoms with van der Waals surface area (Å²) >= 11 is 1.72. The first-order valence-corrected chi connectivity index (χ1v) is 6.00. The summed E-state index contributed by atoms with van der Waals surface area (Å²) in [6, 6.07) is 3.33. The van der Waals surface area contributed by atoms with Gasteiger partial charge in [0.2, 0.25) is 0 Å². The molecule has 1 heterocycles. The molecule has 0 radical (unpaired) electrons. The molecule has 1 aromatic heterocycles. The lowest BCUT2D eigenvalue weighted by Gasteiger charge is -2.16. The highest BCUT2D eigenvalue weighted by Crippen LogP contribution is 2.05. The minimum absolute atomic E-state index is 0.0171. The molecule has 0 unspecified atom stereocenters. The van der Waals surface area contributed by atoms with Crippen LogP contribution in [0.5, 0.6) is 0 Å². The zero-order chi connectivity index (χ0) is 11.3. The van der Waals surface area contributed by atoms with Gasteiger partial charge in [0.05, 0.1) is 5.56 Å². The standard InChI is InChI=1S/C10H15N3OS/c1-13(5-6-15-2)10(14)8-3-4-9(11)12-7-8/h3-4,7H,5-6H2,1-2H3,(H2,11,12). The van der Waals surface area contributed by atoms with Gasteiger partial charge >= 0.3 is 0 Å².